The fourth-order valence-corrected chi connectivity index (χ4v) is 4.57. The number of rotatable bonds is 1. The lowest BCUT2D eigenvalue weighted by Crippen LogP contribution is -2.38. The van der Waals surface area contributed by atoms with Gasteiger partial charge in [0.05, 0.1) is 5.92 Å². The quantitative estimate of drug-likeness (QED) is 0.806. The fraction of sp³-hybridized carbons (Fsp3) is 0.882. The Balaban J connectivity index is 2.25. The van der Waals surface area contributed by atoms with Crippen molar-refractivity contribution in [2.75, 3.05) is 13.1 Å². The topological polar surface area (TPSA) is 66.8 Å². The van der Waals surface area contributed by atoms with E-state index in [1.165, 1.54) is 0 Å². The van der Waals surface area contributed by atoms with E-state index in [-0.39, 0.29) is 23.3 Å². The molecule has 1 aliphatic carbocycles. The first-order valence-corrected chi connectivity index (χ1v) is 8.07. The fourth-order valence-electron chi connectivity index (χ4n) is 4.57. The van der Waals surface area contributed by atoms with E-state index in [0.29, 0.717) is 6.54 Å². The van der Waals surface area contributed by atoms with Crippen molar-refractivity contribution in [1.29, 1.82) is 0 Å². The summed E-state index contributed by atoms with van der Waals surface area (Å²) < 4.78 is 5.43. The lowest BCUT2D eigenvalue weighted by molar-refractivity contribution is -0.145. The summed E-state index contributed by atoms with van der Waals surface area (Å²) in [5.74, 6) is -1.01. The van der Waals surface area contributed by atoms with E-state index in [0.717, 1.165) is 12.8 Å². The largest absolute Gasteiger partial charge is 0.481 e. The Kier molecular flexibility index (Phi) is 3.99. The monoisotopic (exact) mass is 311 g/mol. The second-order valence-electron chi connectivity index (χ2n) is 8.93. The molecule has 1 aliphatic heterocycles. The van der Waals surface area contributed by atoms with Gasteiger partial charge < -0.3 is 14.7 Å². The lowest BCUT2D eigenvalue weighted by atomic mass is 9.70. The molecule has 1 amide bonds. The highest BCUT2D eigenvalue weighted by Gasteiger charge is 2.60. The highest BCUT2D eigenvalue weighted by molar-refractivity contribution is 5.75. The first kappa shape index (κ1) is 17.1. The summed E-state index contributed by atoms with van der Waals surface area (Å²) in [5, 5.41) is 9.68. The number of amides is 1. The van der Waals surface area contributed by atoms with Crippen molar-refractivity contribution < 1.29 is 19.4 Å². The minimum atomic E-state index is -0.796. The Bertz CT molecular complexity index is 480. The van der Waals surface area contributed by atoms with Crippen LogP contribution in [0.1, 0.15) is 54.4 Å². The van der Waals surface area contributed by atoms with E-state index in [1.54, 1.807) is 4.90 Å². The van der Waals surface area contributed by atoms with Gasteiger partial charge in [-0.3, -0.25) is 4.79 Å². The van der Waals surface area contributed by atoms with Crippen LogP contribution in [0.4, 0.5) is 4.79 Å². The highest BCUT2D eigenvalue weighted by Crippen LogP contribution is 2.59. The minimum Gasteiger partial charge on any atom is -0.481 e. The van der Waals surface area contributed by atoms with Crippen LogP contribution in [0.15, 0.2) is 0 Å². The third-order valence-electron chi connectivity index (χ3n) is 5.18. The number of ether oxygens (including phenoxy) is 1. The maximum atomic E-state index is 12.3. The molecule has 1 heterocycles. The molecule has 0 radical (unpaired) electrons. The average molecular weight is 311 g/mol. The molecule has 22 heavy (non-hydrogen) atoms. The molecule has 0 bridgehead atoms. The third-order valence-corrected chi connectivity index (χ3v) is 5.18. The Morgan fingerprint density at radius 2 is 1.86 bits per heavy atom. The van der Waals surface area contributed by atoms with Gasteiger partial charge in [0.15, 0.2) is 0 Å². The summed E-state index contributed by atoms with van der Waals surface area (Å²) >= 11 is 0. The van der Waals surface area contributed by atoms with Crippen molar-refractivity contribution >= 4 is 12.1 Å². The molecule has 3 unspecified atom stereocenters. The minimum absolute atomic E-state index is 0.122. The molecule has 1 saturated heterocycles. The van der Waals surface area contributed by atoms with Crippen LogP contribution in [-0.2, 0) is 9.53 Å². The number of hydrogen-bond donors (Lipinski definition) is 1. The number of aliphatic carboxylic acids is 1. The van der Waals surface area contributed by atoms with E-state index in [9.17, 15) is 14.7 Å². The molecule has 2 aliphatic rings. The van der Waals surface area contributed by atoms with Crippen LogP contribution in [0.2, 0.25) is 0 Å². The molecule has 2 fully saturated rings. The van der Waals surface area contributed by atoms with Gasteiger partial charge in [0.1, 0.15) is 5.60 Å². The molecule has 1 saturated carbocycles. The predicted molar refractivity (Wildman–Crippen MR) is 83.5 cm³/mol. The number of carboxylic acids is 1. The lowest BCUT2D eigenvalue weighted by Gasteiger charge is -2.33. The summed E-state index contributed by atoms with van der Waals surface area (Å²) in [6, 6.07) is 0. The molecular weight excluding hydrogens is 282 g/mol. The van der Waals surface area contributed by atoms with Crippen molar-refractivity contribution in [2.24, 2.45) is 22.7 Å². The van der Waals surface area contributed by atoms with E-state index in [1.807, 2.05) is 20.8 Å². The standard InChI is InChI=1S/C17H29NO4/c1-11-7-16(5,6)9-17(11)10-18(8-12(17)13(19)20)14(21)22-15(2,3)4/h11-12H,7-10H2,1-6H3,(H,19,20). The van der Waals surface area contributed by atoms with Crippen LogP contribution in [0, 0.1) is 22.7 Å². The van der Waals surface area contributed by atoms with Gasteiger partial charge in [-0.25, -0.2) is 4.79 Å². The second kappa shape index (κ2) is 5.14. The SMILES string of the molecule is CC1CC(C)(C)CC12CN(C(=O)OC(C)(C)C)CC2C(=O)O. The van der Waals surface area contributed by atoms with Crippen LogP contribution >= 0.6 is 0 Å². The van der Waals surface area contributed by atoms with E-state index >= 15 is 0 Å². The first-order chi connectivity index (χ1) is 9.86. The van der Waals surface area contributed by atoms with Gasteiger partial charge in [-0.2, -0.15) is 0 Å². The van der Waals surface area contributed by atoms with Gasteiger partial charge in [-0.15, -0.1) is 0 Å². The van der Waals surface area contributed by atoms with Crippen LogP contribution in [0.25, 0.3) is 0 Å². The van der Waals surface area contributed by atoms with Crippen molar-refractivity contribution in [2.45, 2.75) is 60.0 Å². The number of carboxylic acid groups (broad SMARTS) is 1. The molecule has 3 atom stereocenters. The smallest absolute Gasteiger partial charge is 0.410 e. The normalized spacial score (nSPS) is 34.2. The van der Waals surface area contributed by atoms with Crippen molar-refractivity contribution in [1.82, 2.24) is 4.90 Å². The summed E-state index contributed by atoms with van der Waals surface area (Å²) in [4.78, 5) is 25.7. The molecular formula is C17H29NO4. The molecule has 1 N–H and O–H groups in total. The van der Waals surface area contributed by atoms with Gasteiger partial charge in [0, 0.05) is 18.5 Å². The van der Waals surface area contributed by atoms with Crippen LogP contribution in [0.5, 0.6) is 0 Å². The van der Waals surface area contributed by atoms with Gasteiger partial charge in [0.2, 0.25) is 0 Å². The van der Waals surface area contributed by atoms with Crippen molar-refractivity contribution in [3.63, 3.8) is 0 Å². The van der Waals surface area contributed by atoms with E-state index < -0.39 is 23.6 Å². The summed E-state index contributed by atoms with van der Waals surface area (Å²) in [7, 11) is 0. The van der Waals surface area contributed by atoms with Gasteiger partial charge in [-0.05, 0) is 44.9 Å². The Labute approximate surface area is 133 Å². The summed E-state index contributed by atoms with van der Waals surface area (Å²) in [6.07, 6.45) is 1.45. The number of likely N-dealkylation sites (tertiary alicyclic amines) is 1. The van der Waals surface area contributed by atoms with E-state index in [2.05, 4.69) is 20.8 Å². The predicted octanol–water partition coefficient (Wildman–Crippen LogP) is 3.38. The zero-order chi connectivity index (χ0) is 16.9. The molecule has 0 aromatic carbocycles. The van der Waals surface area contributed by atoms with Crippen LogP contribution in [-0.4, -0.2) is 40.8 Å². The Morgan fingerprint density at radius 3 is 2.27 bits per heavy atom. The third kappa shape index (κ3) is 3.08. The number of carbonyl (C=O) groups excluding carboxylic acids is 1. The second-order valence-corrected chi connectivity index (χ2v) is 8.93. The molecule has 0 aromatic rings. The van der Waals surface area contributed by atoms with Crippen LogP contribution < -0.4 is 0 Å². The average Bonchev–Trinajstić information content (AvgIpc) is 2.75. The first-order valence-electron chi connectivity index (χ1n) is 8.07. The maximum Gasteiger partial charge on any atom is 0.410 e. The molecule has 126 valence electrons. The zero-order valence-electron chi connectivity index (χ0n) is 14.6. The summed E-state index contributed by atoms with van der Waals surface area (Å²) in [6.45, 7) is 12.7. The molecule has 5 nitrogen and oxygen atoms in total. The van der Waals surface area contributed by atoms with Gasteiger partial charge in [0.25, 0.3) is 0 Å². The zero-order valence-corrected chi connectivity index (χ0v) is 14.6. The van der Waals surface area contributed by atoms with Crippen molar-refractivity contribution in [3.05, 3.63) is 0 Å². The van der Waals surface area contributed by atoms with E-state index in [4.69, 9.17) is 4.74 Å². The maximum absolute atomic E-state index is 12.3. The number of nitrogens with zero attached hydrogens (tertiary/aromatic N) is 1. The molecule has 0 aromatic heterocycles. The Hall–Kier alpha value is -1.26. The molecule has 1 spiro atoms. The van der Waals surface area contributed by atoms with Crippen LogP contribution in [0.3, 0.4) is 0 Å². The molecule has 2 rings (SSSR count). The van der Waals surface area contributed by atoms with Gasteiger partial charge >= 0.3 is 12.1 Å². The molecule has 5 heteroatoms. The summed E-state index contributed by atoms with van der Waals surface area (Å²) in [5.41, 5.74) is -0.768. The highest BCUT2D eigenvalue weighted by atomic mass is 16.6. The number of hydrogen-bond acceptors (Lipinski definition) is 3. The Morgan fingerprint density at radius 1 is 1.27 bits per heavy atom. The van der Waals surface area contributed by atoms with Gasteiger partial charge in [-0.1, -0.05) is 20.8 Å². The number of carbonyl (C=O) groups is 2. The van der Waals surface area contributed by atoms with Crippen molar-refractivity contribution in [3.8, 4) is 0 Å².